The summed E-state index contributed by atoms with van der Waals surface area (Å²) in [6.07, 6.45) is 10.5. The maximum absolute atomic E-state index is 12.8. The lowest BCUT2D eigenvalue weighted by atomic mass is 9.99. The molecule has 0 heterocycles. The van der Waals surface area contributed by atoms with Crippen LogP contribution in [0.25, 0.3) is 0 Å². The van der Waals surface area contributed by atoms with E-state index in [1.807, 2.05) is 0 Å². The molecule has 0 aliphatic carbocycles. The molecule has 1 N–H and O–H groups in total. The lowest BCUT2D eigenvalue weighted by Crippen LogP contribution is -2.32. The summed E-state index contributed by atoms with van der Waals surface area (Å²) in [6, 6.07) is 13.0. The Hall–Kier alpha value is -3.91. The molecule has 0 radical (unpaired) electrons. The first-order chi connectivity index (χ1) is 21.3. The molecule has 0 aliphatic rings. The molecule has 2 rings (SSSR count). The number of aldehydes is 1. The number of unbranched alkanes of at least 4 members (excludes halogenated alkanes) is 7. The van der Waals surface area contributed by atoms with E-state index in [9.17, 15) is 19.5 Å². The first-order valence-corrected chi connectivity index (χ1v) is 15.7. The Balaban J connectivity index is 1.97. The monoisotopic (exact) mass is 608 g/mol. The second-order valence-electron chi connectivity index (χ2n) is 10.8. The van der Waals surface area contributed by atoms with Crippen molar-refractivity contribution in [2.75, 3.05) is 0 Å². The van der Waals surface area contributed by atoms with Crippen molar-refractivity contribution in [1.82, 2.24) is 0 Å². The summed E-state index contributed by atoms with van der Waals surface area (Å²) >= 11 is 0. The second-order valence-corrected chi connectivity index (χ2v) is 10.8. The van der Waals surface area contributed by atoms with Gasteiger partial charge >= 0.3 is 11.9 Å². The highest BCUT2D eigenvalue weighted by molar-refractivity contribution is 5.91. The van der Waals surface area contributed by atoms with Crippen LogP contribution in [0.3, 0.4) is 0 Å². The van der Waals surface area contributed by atoms with Crippen LogP contribution in [0.5, 0.6) is 17.2 Å². The molecule has 8 heteroatoms. The molecule has 0 aliphatic heterocycles. The Labute approximate surface area is 262 Å². The Morgan fingerprint density at radius 2 is 1.34 bits per heavy atom. The highest BCUT2D eigenvalue weighted by Crippen LogP contribution is 2.24. The number of carbonyl (C=O) groups is 3. The topological polar surface area (TPSA) is 108 Å². The van der Waals surface area contributed by atoms with Gasteiger partial charge in [-0.1, -0.05) is 72.0 Å². The van der Waals surface area contributed by atoms with Crippen LogP contribution in [-0.2, 0) is 14.3 Å². The summed E-state index contributed by atoms with van der Waals surface area (Å²) in [7, 11) is 0. The van der Waals surface area contributed by atoms with Crippen molar-refractivity contribution >= 4 is 18.2 Å². The normalized spacial score (nSPS) is 12.8. The summed E-state index contributed by atoms with van der Waals surface area (Å²) in [5, 5.41) is 10.7. The minimum Gasteiger partial charge on any atom is -0.488 e. The van der Waals surface area contributed by atoms with Gasteiger partial charge in [0.25, 0.3) is 0 Å². The minimum atomic E-state index is -0.874. The van der Waals surface area contributed by atoms with Gasteiger partial charge in [-0.15, -0.1) is 0 Å². The standard InChI is InChI=1S/C36H48O8/c1-5-8-10-11-12-14-15-33(32(38)25-27(4)26-37)41-29-19-17-28(18-20-29)36(40)43-31-23-21-30(22-24-31)42-35(16-13-9-6-2)44-34(39)7-3/h7,17-24,26,32-33,35,38H,3-6,8-16,25H2,1-2H3. The fourth-order valence-corrected chi connectivity index (χ4v) is 4.53. The van der Waals surface area contributed by atoms with E-state index in [0.29, 0.717) is 47.5 Å². The predicted molar refractivity (Wildman–Crippen MR) is 171 cm³/mol. The van der Waals surface area contributed by atoms with Crippen LogP contribution in [-0.4, -0.2) is 41.8 Å². The molecule has 0 amide bonds. The third-order valence-corrected chi connectivity index (χ3v) is 7.05. The first kappa shape index (κ1) is 36.3. The van der Waals surface area contributed by atoms with Crippen LogP contribution in [0.4, 0.5) is 0 Å². The summed E-state index contributed by atoms with van der Waals surface area (Å²) in [4.78, 5) is 35.5. The summed E-state index contributed by atoms with van der Waals surface area (Å²) in [5.74, 6) is 0.195. The Morgan fingerprint density at radius 1 is 0.795 bits per heavy atom. The van der Waals surface area contributed by atoms with Crippen LogP contribution < -0.4 is 14.2 Å². The third-order valence-electron chi connectivity index (χ3n) is 7.05. The molecule has 2 aromatic rings. The molecule has 0 fully saturated rings. The molecule has 240 valence electrons. The van der Waals surface area contributed by atoms with Crippen molar-refractivity contribution < 1.29 is 38.4 Å². The first-order valence-electron chi connectivity index (χ1n) is 15.7. The molecule has 0 saturated heterocycles. The molecule has 0 aromatic heterocycles. The molecule has 0 spiro atoms. The fourth-order valence-electron chi connectivity index (χ4n) is 4.53. The lowest BCUT2D eigenvalue weighted by molar-refractivity contribution is -0.158. The van der Waals surface area contributed by atoms with E-state index in [2.05, 4.69) is 27.0 Å². The largest absolute Gasteiger partial charge is 0.488 e. The van der Waals surface area contributed by atoms with Gasteiger partial charge in [0.15, 0.2) is 0 Å². The molecule has 2 aromatic carbocycles. The number of rotatable bonds is 23. The van der Waals surface area contributed by atoms with Gasteiger partial charge in [0.1, 0.15) is 29.6 Å². The van der Waals surface area contributed by atoms with Gasteiger partial charge in [0.2, 0.25) is 6.29 Å². The van der Waals surface area contributed by atoms with Gasteiger partial charge in [0.05, 0.1) is 11.7 Å². The van der Waals surface area contributed by atoms with Crippen molar-refractivity contribution in [1.29, 1.82) is 0 Å². The van der Waals surface area contributed by atoms with Crippen LogP contribution >= 0.6 is 0 Å². The SMILES string of the molecule is C=CC(=O)OC(CCCCC)Oc1ccc(OC(=O)c2ccc(OC(CCCCCCCC)C(O)CC(=C)C=O)cc2)cc1. The van der Waals surface area contributed by atoms with E-state index >= 15 is 0 Å². The number of ether oxygens (including phenoxy) is 4. The van der Waals surface area contributed by atoms with Gasteiger partial charge in [0, 0.05) is 18.9 Å². The number of aliphatic hydroxyl groups excluding tert-OH is 1. The average Bonchev–Trinajstić information content (AvgIpc) is 3.03. The van der Waals surface area contributed by atoms with E-state index in [-0.39, 0.29) is 6.42 Å². The van der Waals surface area contributed by atoms with E-state index in [4.69, 9.17) is 18.9 Å². The number of aliphatic hydroxyl groups is 1. The summed E-state index contributed by atoms with van der Waals surface area (Å²) in [5.41, 5.74) is 0.641. The van der Waals surface area contributed by atoms with Gasteiger partial charge in [-0.2, -0.15) is 0 Å². The molecule has 3 atom stereocenters. The smallest absolute Gasteiger partial charge is 0.343 e. The molecule has 8 nitrogen and oxygen atoms in total. The highest BCUT2D eigenvalue weighted by atomic mass is 16.7. The van der Waals surface area contributed by atoms with Crippen molar-refractivity contribution in [3.8, 4) is 17.2 Å². The fraction of sp³-hybridized carbons (Fsp3) is 0.472. The average molecular weight is 609 g/mol. The quantitative estimate of drug-likeness (QED) is 0.0338. The maximum atomic E-state index is 12.8. The van der Waals surface area contributed by atoms with Crippen molar-refractivity contribution in [3.05, 3.63) is 78.9 Å². The predicted octanol–water partition coefficient (Wildman–Crippen LogP) is 7.92. The summed E-state index contributed by atoms with van der Waals surface area (Å²) < 4.78 is 22.7. The Morgan fingerprint density at radius 3 is 1.98 bits per heavy atom. The number of benzene rings is 2. The van der Waals surface area contributed by atoms with Gasteiger partial charge in [-0.05, 0) is 73.4 Å². The van der Waals surface area contributed by atoms with Crippen LogP contribution in [0.15, 0.2) is 73.3 Å². The molecule has 0 saturated carbocycles. The number of carbonyl (C=O) groups excluding carboxylic acids is 3. The Kier molecular flexibility index (Phi) is 17.2. The molecule has 44 heavy (non-hydrogen) atoms. The van der Waals surface area contributed by atoms with Gasteiger partial charge < -0.3 is 24.1 Å². The Bertz CT molecular complexity index is 1160. The molecular formula is C36H48O8. The zero-order chi connectivity index (χ0) is 32.2. The van der Waals surface area contributed by atoms with Crippen LogP contribution in [0, 0.1) is 0 Å². The maximum Gasteiger partial charge on any atom is 0.343 e. The minimum absolute atomic E-state index is 0.137. The second kappa shape index (κ2) is 20.9. The van der Waals surface area contributed by atoms with Gasteiger partial charge in [-0.25, -0.2) is 9.59 Å². The molecule has 3 unspecified atom stereocenters. The van der Waals surface area contributed by atoms with Gasteiger partial charge in [-0.3, -0.25) is 4.79 Å². The van der Waals surface area contributed by atoms with E-state index < -0.39 is 30.4 Å². The van der Waals surface area contributed by atoms with Crippen molar-refractivity contribution in [2.24, 2.45) is 0 Å². The zero-order valence-electron chi connectivity index (χ0n) is 26.2. The van der Waals surface area contributed by atoms with E-state index in [1.54, 1.807) is 48.5 Å². The molecule has 0 bridgehead atoms. The zero-order valence-corrected chi connectivity index (χ0v) is 26.2. The van der Waals surface area contributed by atoms with E-state index in [0.717, 1.165) is 44.6 Å². The van der Waals surface area contributed by atoms with Crippen molar-refractivity contribution in [3.63, 3.8) is 0 Å². The lowest BCUT2D eigenvalue weighted by Gasteiger charge is -2.24. The number of hydrogen-bond acceptors (Lipinski definition) is 8. The number of hydrogen-bond donors (Lipinski definition) is 1. The molecular weight excluding hydrogens is 560 g/mol. The van der Waals surface area contributed by atoms with Crippen LogP contribution in [0.2, 0.25) is 0 Å². The summed E-state index contributed by atoms with van der Waals surface area (Å²) in [6.45, 7) is 11.4. The number of esters is 2. The van der Waals surface area contributed by atoms with E-state index in [1.165, 1.54) is 19.3 Å². The van der Waals surface area contributed by atoms with Crippen LogP contribution in [0.1, 0.15) is 101 Å². The highest BCUT2D eigenvalue weighted by Gasteiger charge is 2.22. The van der Waals surface area contributed by atoms with Crippen molar-refractivity contribution in [2.45, 2.75) is 109 Å². The third kappa shape index (κ3) is 14.0.